The van der Waals surface area contributed by atoms with Gasteiger partial charge < -0.3 is 10.5 Å². The van der Waals surface area contributed by atoms with Gasteiger partial charge in [-0.1, -0.05) is 0 Å². The molecule has 2 N–H and O–H groups in total. The van der Waals surface area contributed by atoms with Gasteiger partial charge in [-0.25, -0.2) is 9.78 Å². The average molecular weight is 302 g/mol. The summed E-state index contributed by atoms with van der Waals surface area (Å²) in [5.41, 5.74) is 5.26. The molecule has 0 spiro atoms. The monoisotopic (exact) mass is 302 g/mol. The first-order valence-corrected chi connectivity index (χ1v) is 6.85. The Hall–Kier alpha value is -2.70. The van der Waals surface area contributed by atoms with E-state index in [9.17, 15) is 9.59 Å². The van der Waals surface area contributed by atoms with Crippen LogP contribution in [0.5, 0.6) is 5.75 Å². The summed E-state index contributed by atoms with van der Waals surface area (Å²) >= 11 is 0. The summed E-state index contributed by atoms with van der Waals surface area (Å²) in [7, 11) is 0. The van der Waals surface area contributed by atoms with Crippen LogP contribution in [0.25, 0.3) is 0 Å². The van der Waals surface area contributed by atoms with E-state index in [0.717, 1.165) is 12.1 Å². The maximum Gasteiger partial charge on any atom is 0.410 e. The number of carbonyl (C=O) groups excluding carboxylic acids is 2. The highest BCUT2D eigenvalue weighted by molar-refractivity contribution is 6.02. The lowest BCUT2D eigenvalue weighted by Crippen LogP contribution is -2.29. The van der Waals surface area contributed by atoms with Gasteiger partial charge in [0.1, 0.15) is 5.69 Å². The largest absolute Gasteiger partial charge is 0.410 e. The molecule has 0 aliphatic rings. The Kier molecular flexibility index (Phi) is 4.25. The number of nitrogens with two attached hydrogens (primary N) is 1. The number of amides is 1. The highest BCUT2D eigenvalue weighted by Gasteiger charge is 2.32. The Morgan fingerprint density at radius 3 is 2.55 bits per heavy atom. The van der Waals surface area contributed by atoms with Crippen LogP contribution in [0, 0.1) is 0 Å². The first-order valence-electron chi connectivity index (χ1n) is 6.85. The van der Waals surface area contributed by atoms with Crippen molar-refractivity contribution in [2.75, 3.05) is 0 Å². The molecular formula is C15H18N4O3. The van der Waals surface area contributed by atoms with Gasteiger partial charge in [-0.2, -0.15) is 5.10 Å². The summed E-state index contributed by atoms with van der Waals surface area (Å²) in [6, 6.07) is 2.99. The molecule has 0 aliphatic carbocycles. The fourth-order valence-electron chi connectivity index (χ4n) is 2.00. The second-order valence-corrected chi connectivity index (χ2v) is 5.34. The van der Waals surface area contributed by atoms with Gasteiger partial charge in [0.25, 0.3) is 0 Å². The SMILES string of the molecule is CCn1cc(C(C)(C)C(=O)c2ccc(OC(N)=O)cn2)cn1. The number of hydrogen-bond donors (Lipinski definition) is 1. The van der Waals surface area contributed by atoms with Gasteiger partial charge in [-0.3, -0.25) is 9.48 Å². The molecule has 2 rings (SSSR count). The molecule has 0 fully saturated rings. The van der Waals surface area contributed by atoms with Crippen molar-refractivity contribution in [2.45, 2.75) is 32.7 Å². The van der Waals surface area contributed by atoms with Crippen molar-refractivity contribution in [3.05, 3.63) is 42.0 Å². The van der Waals surface area contributed by atoms with E-state index in [1.807, 2.05) is 27.0 Å². The van der Waals surface area contributed by atoms with E-state index in [1.54, 1.807) is 10.9 Å². The second-order valence-electron chi connectivity index (χ2n) is 5.34. The molecule has 0 unspecified atom stereocenters. The van der Waals surface area contributed by atoms with Crippen LogP contribution >= 0.6 is 0 Å². The third-order valence-corrected chi connectivity index (χ3v) is 3.43. The van der Waals surface area contributed by atoms with E-state index in [2.05, 4.69) is 14.8 Å². The van der Waals surface area contributed by atoms with Crippen molar-refractivity contribution >= 4 is 11.9 Å². The number of pyridine rings is 1. The quantitative estimate of drug-likeness (QED) is 0.850. The number of ketones is 1. The maximum atomic E-state index is 12.7. The van der Waals surface area contributed by atoms with Crippen LogP contribution in [-0.4, -0.2) is 26.6 Å². The maximum absolute atomic E-state index is 12.7. The fraction of sp³-hybridized carbons (Fsp3) is 0.333. The third kappa shape index (κ3) is 3.13. The lowest BCUT2D eigenvalue weighted by atomic mass is 9.81. The molecule has 2 heterocycles. The number of aryl methyl sites for hydroxylation is 1. The van der Waals surface area contributed by atoms with E-state index >= 15 is 0 Å². The molecule has 7 nitrogen and oxygen atoms in total. The summed E-state index contributed by atoms with van der Waals surface area (Å²) in [5.74, 6) is 0.0504. The number of hydrogen-bond acceptors (Lipinski definition) is 5. The van der Waals surface area contributed by atoms with Gasteiger partial charge in [0.2, 0.25) is 0 Å². The van der Waals surface area contributed by atoms with Crippen molar-refractivity contribution in [2.24, 2.45) is 5.73 Å². The van der Waals surface area contributed by atoms with Crippen LogP contribution in [0.1, 0.15) is 36.8 Å². The van der Waals surface area contributed by atoms with Gasteiger partial charge in [-0.15, -0.1) is 0 Å². The number of nitrogens with zero attached hydrogens (tertiary/aromatic N) is 3. The predicted molar refractivity (Wildman–Crippen MR) is 79.7 cm³/mol. The molecule has 0 radical (unpaired) electrons. The van der Waals surface area contributed by atoms with Crippen LogP contribution in [0.15, 0.2) is 30.7 Å². The van der Waals surface area contributed by atoms with E-state index in [0.29, 0.717) is 0 Å². The van der Waals surface area contributed by atoms with Crippen LogP contribution in [0.2, 0.25) is 0 Å². The van der Waals surface area contributed by atoms with Crippen molar-refractivity contribution in [1.29, 1.82) is 0 Å². The van der Waals surface area contributed by atoms with Crippen LogP contribution in [-0.2, 0) is 12.0 Å². The van der Waals surface area contributed by atoms with E-state index < -0.39 is 11.5 Å². The van der Waals surface area contributed by atoms with Crippen molar-refractivity contribution in [3.63, 3.8) is 0 Å². The Morgan fingerprint density at radius 2 is 2.05 bits per heavy atom. The zero-order valence-electron chi connectivity index (χ0n) is 12.7. The summed E-state index contributed by atoms with van der Waals surface area (Å²) in [5, 5.41) is 4.20. The minimum Gasteiger partial charge on any atom is -0.409 e. The van der Waals surface area contributed by atoms with Gasteiger partial charge >= 0.3 is 6.09 Å². The van der Waals surface area contributed by atoms with Crippen molar-refractivity contribution < 1.29 is 14.3 Å². The molecular weight excluding hydrogens is 284 g/mol. The molecule has 0 atom stereocenters. The third-order valence-electron chi connectivity index (χ3n) is 3.43. The first kappa shape index (κ1) is 15.7. The smallest absolute Gasteiger partial charge is 0.409 e. The zero-order chi connectivity index (χ0) is 16.3. The Labute approximate surface area is 128 Å². The number of ether oxygens (including phenoxy) is 1. The molecule has 2 aromatic heterocycles. The Balaban J connectivity index is 2.23. The molecule has 116 valence electrons. The Bertz CT molecular complexity index is 689. The van der Waals surface area contributed by atoms with Crippen LogP contribution in [0.3, 0.4) is 0 Å². The normalized spacial score (nSPS) is 11.2. The lowest BCUT2D eigenvalue weighted by Gasteiger charge is -2.21. The molecule has 0 saturated carbocycles. The summed E-state index contributed by atoms with van der Waals surface area (Å²) in [6.45, 7) is 6.36. The molecule has 0 aliphatic heterocycles. The number of primary amides is 1. The summed E-state index contributed by atoms with van der Waals surface area (Å²) in [4.78, 5) is 27.4. The van der Waals surface area contributed by atoms with Crippen LogP contribution < -0.4 is 10.5 Å². The van der Waals surface area contributed by atoms with Gasteiger partial charge in [0.05, 0.1) is 17.8 Å². The molecule has 0 aromatic carbocycles. The van der Waals surface area contributed by atoms with Crippen molar-refractivity contribution in [3.8, 4) is 5.75 Å². The second kappa shape index (κ2) is 5.97. The number of aromatic nitrogens is 3. The minimum absolute atomic E-state index is 0.145. The topological polar surface area (TPSA) is 100 Å². The lowest BCUT2D eigenvalue weighted by molar-refractivity contribution is 0.0903. The van der Waals surface area contributed by atoms with Gasteiger partial charge in [0, 0.05) is 18.3 Å². The van der Waals surface area contributed by atoms with E-state index in [4.69, 9.17) is 5.73 Å². The Morgan fingerprint density at radius 1 is 1.32 bits per heavy atom. The van der Waals surface area contributed by atoms with Crippen LogP contribution in [0.4, 0.5) is 4.79 Å². The summed E-state index contributed by atoms with van der Waals surface area (Å²) in [6.07, 6.45) is 3.91. The first-order chi connectivity index (χ1) is 10.3. The molecule has 0 bridgehead atoms. The molecule has 2 aromatic rings. The standard InChI is InChI=1S/C15H18N4O3/c1-4-19-9-10(7-18-19)15(2,3)13(20)12-6-5-11(8-17-12)22-14(16)21/h5-9H,4H2,1-3H3,(H2,16,21). The molecule has 1 amide bonds. The van der Waals surface area contributed by atoms with E-state index in [1.165, 1.54) is 18.3 Å². The minimum atomic E-state index is -0.923. The number of rotatable bonds is 5. The average Bonchev–Trinajstić information content (AvgIpc) is 2.96. The number of Topliss-reactive ketones (excluding diaryl/α,β-unsaturated/α-hetero) is 1. The molecule has 7 heteroatoms. The van der Waals surface area contributed by atoms with Gasteiger partial charge in [-0.05, 0) is 32.9 Å². The highest BCUT2D eigenvalue weighted by Crippen LogP contribution is 2.27. The zero-order valence-corrected chi connectivity index (χ0v) is 12.7. The van der Waals surface area contributed by atoms with E-state index in [-0.39, 0.29) is 17.2 Å². The predicted octanol–water partition coefficient (Wildman–Crippen LogP) is 1.92. The fourth-order valence-corrected chi connectivity index (χ4v) is 2.00. The molecule has 22 heavy (non-hydrogen) atoms. The van der Waals surface area contributed by atoms with Gasteiger partial charge in [0.15, 0.2) is 11.5 Å². The van der Waals surface area contributed by atoms with Crippen molar-refractivity contribution in [1.82, 2.24) is 14.8 Å². The number of carbonyl (C=O) groups is 2. The summed E-state index contributed by atoms with van der Waals surface area (Å²) < 4.78 is 6.45. The molecule has 0 saturated heterocycles. The highest BCUT2D eigenvalue weighted by atomic mass is 16.5.